The summed E-state index contributed by atoms with van der Waals surface area (Å²) in [6, 6.07) is 4.14. The fourth-order valence-corrected chi connectivity index (χ4v) is 4.31. The first kappa shape index (κ1) is 17.4. The lowest BCUT2D eigenvalue weighted by Gasteiger charge is -2.45. The third-order valence-corrected chi connectivity index (χ3v) is 5.43. The highest BCUT2D eigenvalue weighted by Crippen LogP contribution is 2.40. The van der Waals surface area contributed by atoms with Gasteiger partial charge in [-0.2, -0.15) is 0 Å². The van der Waals surface area contributed by atoms with E-state index >= 15 is 0 Å². The molecule has 0 amide bonds. The number of nitrogens with zero attached hydrogens (tertiary/aromatic N) is 1. The molecule has 1 spiro atoms. The standard InChI is InChI=1S/C19H30N2O3/c1-22-16-10-15(11-17(23-2)18(16)24-3)12-21-9-5-7-19(14-21)6-4-8-20-13-19/h10-11,20H,4-9,12-14H2,1-3H3. The summed E-state index contributed by atoms with van der Waals surface area (Å²) in [7, 11) is 4.99. The zero-order valence-electron chi connectivity index (χ0n) is 15.2. The summed E-state index contributed by atoms with van der Waals surface area (Å²) in [6.07, 6.45) is 5.29. The molecule has 3 rings (SSSR count). The SMILES string of the molecule is COc1cc(CN2CCCC3(CCCNC3)C2)cc(OC)c1OC. The highest BCUT2D eigenvalue weighted by Gasteiger charge is 2.36. The Morgan fingerprint density at radius 1 is 1.04 bits per heavy atom. The molecule has 0 radical (unpaired) electrons. The van der Waals surface area contributed by atoms with Gasteiger partial charge in [0.15, 0.2) is 11.5 Å². The third-order valence-electron chi connectivity index (χ3n) is 5.43. The van der Waals surface area contributed by atoms with Crippen LogP contribution in [0.25, 0.3) is 0 Å². The number of nitrogens with one attached hydrogen (secondary N) is 1. The van der Waals surface area contributed by atoms with Crippen molar-refractivity contribution in [1.82, 2.24) is 10.2 Å². The summed E-state index contributed by atoms with van der Waals surface area (Å²) in [6.45, 7) is 5.61. The molecular formula is C19H30N2O3. The van der Waals surface area contributed by atoms with Crippen LogP contribution in [0, 0.1) is 5.41 Å². The third kappa shape index (κ3) is 3.62. The summed E-state index contributed by atoms with van der Waals surface area (Å²) in [4.78, 5) is 2.58. The summed E-state index contributed by atoms with van der Waals surface area (Å²) in [5.74, 6) is 2.13. The topological polar surface area (TPSA) is 43.0 Å². The second-order valence-corrected chi connectivity index (χ2v) is 7.13. The molecule has 2 fully saturated rings. The predicted octanol–water partition coefficient (Wildman–Crippen LogP) is 2.68. The Kier molecular flexibility index (Phi) is 5.51. The van der Waals surface area contributed by atoms with Gasteiger partial charge >= 0.3 is 0 Å². The molecule has 1 unspecified atom stereocenters. The Labute approximate surface area is 145 Å². The fourth-order valence-electron chi connectivity index (χ4n) is 4.31. The lowest BCUT2D eigenvalue weighted by atomic mass is 9.74. The van der Waals surface area contributed by atoms with Crippen LogP contribution in [0.4, 0.5) is 0 Å². The van der Waals surface area contributed by atoms with E-state index in [1.54, 1.807) is 21.3 Å². The monoisotopic (exact) mass is 334 g/mol. The van der Waals surface area contributed by atoms with Crippen molar-refractivity contribution in [2.75, 3.05) is 47.5 Å². The fraction of sp³-hybridized carbons (Fsp3) is 0.684. The van der Waals surface area contributed by atoms with Crippen molar-refractivity contribution in [3.05, 3.63) is 17.7 Å². The van der Waals surface area contributed by atoms with E-state index in [1.807, 2.05) is 0 Å². The summed E-state index contributed by atoms with van der Waals surface area (Å²) < 4.78 is 16.4. The maximum Gasteiger partial charge on any atom is 0.203 e. The van der Waals surface area contributed by atoms with Crippen LogP contribution < -0.4 is 19.5 Å². The minimum absolute atomic E-state index is 0.469. The van der Waals surface area contributed by atoms with Gasteiger partial charge in [-0.3, -0.25) is 4.90 Å². The molecule has 1 N–H and O–H groups in total. The molecule has 2 heterocycles. The second-order valence-electron chi connectivity index (χ2n) is 7.13. The average Bonchev–Trinajstić information content (AvgIpc) is 2.61. The van der Waals surface area contributed by atoms with Crippen molar-refractivity contribution in [1.29, 1.82) is 0 Å². The number of likely N-dealkylation sites (tertiary alicyclic amines) is 1. The van der Waals surface area contributed by atoms with Crippen LogP contribution in [0.15, 0.2) is 12.1 Å². The van der Waals surface area contributed by atoms with Gasteiger partial charge in [-0.05, 0) is 61.9 Å². The van der Waals surface area contributed by atoms with Gasteiger partial charge in [0, 0.05) is 19.6 Å². The number of piperidine rings is 2. The highest BCUT2D eigenvalue weighted by atomic mass is 16.5. The molecule has 24 heavy (non-hydrogen) atoms. The minimum atomic E-state index is 0.469. The molecule has 1 aromatic rings. The second kappa shape index (κ2) is 7.62. The minimum Gasteiger partial charge on any atom is -0.493 e. The van der Waals surface area contributed by atoms with E-state index in [2.05, 4.69) is 22.3 Å². The lowest BCUT2D eigenvalue weighted by molar-refractivity contribution is 0.0600. The smallest absolute Gasteiger partial charge is 0.203 e. The Morgan fingerprint density at radius 2 is 1.75 bits per heavy atom. The maximum atomic E-state index is 5.48. The van der Waals surface area contributed by atoms with Gasteiger partial charge in [0.1, 0.15) is 0 Å². The summed E-state index contributed by atoms with van der Waals surface area (Å²) in [5, 5.41) is 3.60. The highest BCUT2D eigenvalue weighted by molar-refractivity contribution is 5.53. The van der Waals surface area contributed by atoms with Crippen molar-refractivity contribution in [3.63, 3.8) is 0 Å². The quantitative estimate of drug-likeness (QED) is 0.897. The first-order valence-corrected chi connectivity index (χ1v) is 8.92. The van der Waals surface area contributed by atoms with Crippen molar-refractivity contribution in [2.24, 2.45) is 5.41 Å². The van der Waals surface area contributed by atoms with Crippen LogP contribution in [0.2, 0.25) is 0 Å². The van der Waals surface area contributed by atoms with Gasteiger partial charge < -0.3 is 19.5 Å². The molecule has 0 saturated carbocycles. The van der Waals surface area contributed by atoms with Crippen LogP contribution in [-0.2, 0) is 6.54 Å². The predicted molar refractivity (Wildman–Crippen MR) is 95.1 cm³/mol. The normalized spacial score (nSPS) is 24.8. The van der Waals surface area contributed by atoms with Crippen molar-refractivity contribution in [3.8, 4) is 17.2 Å². The molecule has 0 aromatic heterocycles. The van der Waals surface area contributed by atoms with Gasteiger partial charge in [-0.15, -0.1) is 0 Å². The van der Waals surface area contributed by atoms with E-state index in [4.69, 9.17) is 14.2 Å². The molecular weight excluding hydrogens is 304 g/mol. The van der Waals surface area contributed by atoms with Gasteiger partial charge in [0.05, 0.1) is 21.3 Å². The number of rotatable bonds is 5. The van der Waals surface area contributed by atoms with E-state index in [9.17, 15) is 0 Å². The van der Waals surface area contributed by atoms with Crippen molar-refractivity contribution < 1.29 is 14.2 Å². The molecule has 134 valence electrons. The number of hydrogen-bond acceptors (Lipinski definition) is 5. The Bertz CT molecular complexity index is 525. The van der Waals surface area contributed by atoms with Crippen LogP contribution in [0.1, 0.15) is 31.2 Å². The number of hydrogen-bond donors (Lipinski definition) is 1. The van der Waals surface area contributed by atoms with Gasteiger partial charge in [-0.25, -0.2) is 0 Å². The lowest BCUT2D eigenvalue weighted by Crippen LogP contribution is -2.50. The molecule has 5 heteroatoms. The van der Waals surface area contributed by atoms with Crippen molar-refractivity contribution in [2.45, 2.75) is 32.2 Å². The van der Waals surface area contributed by atoms with Crippen molar-refractivity contribution >= 4 is 0 Å². The number of methoxy groups -OCH3 is 3. The zero-order chi connectivity index (χ0) is 17.0. The van der Waals surface area contributed by atoms with E-state index in [0.29, 0.717) is 11.2 Å². The van der Waals surface area contributed by atoms with Crippen LogP contribution >= 0.6 is 0 Å². The molecule has 1 aromatic carbocycles. The maximum absolute atomic E-state index is 5.48. The summed E-state index contributed by atoms with van der Waals surface area (Å²) in [5.41, 5.74) is 1.68. The molecule has 2 aliphatic rings. The van der Waals surface area contributed by atoms with Gasteiger partial charge in [0.25, 0.3) is 0 Å². The van der Waals surface area contributed by atoms with E-state index in [1.165, 1.54) is 57.4 Å². The molecule has 0 aliphatic carbocycles. The first-order chi connectivity index (χ1) is 11.7. The molecule has 0 bridgehead atoms. The molecule has 5 nitrogen and oxygen atoms in total. The van der Waals surface area contributed by atoms with E-state index in [-0.39, 0.29) is 0 Å². The Balaban J connectivity index is 1.75. The molecule has 2 aliphatic heterocycles. The van der Waals surface area contributed by atoms with Crippen LogP contribution in [0.5, 0.6) is 17.2 Å². The first-order valence-electron chi connectivity index (χ1n) is 8.92. The van der Waals surface area contributed by atoms with Crippen LogP contribution in [-0.4, -0.2) is 52.4 Å². The van der Waals surface area contributed by atoms with E-state index in [0.717, 1.165) is 18.0 Å². The molecule has 2 saturated heterocycles. The molecule has 1 atom stereocenters. The zero-order valence-corrected chi connectivity index (χ0v) is 15.2. The van der Waals surface area contributed by atoms with Crippen LogP contribution in [0.3, 0.4) is 0 Å². The van der Waals surface area contributed by atoms with E-state index < -0.39 is 0 Å². The van der Waals surface area contributed by atoms with Gasteiger partial charge in [-0.1, -0.05) is 0 Å². The largest absolute Gasteiger partial charge is 0.493 e. The average molecular weight is 334 g/mol. The Morgan fingerprint density at radius 3 is 2.33 bits per heavy atom. The number of ether oxygens (including phenoxy) is 3. The Hall–Kier alpha value is -1.46. The number of benzene rings is 1. The summed E-state index contributed by atoms with van der Waals surface area (Å²) >= 11 is 0. The van der Waals surface area contributed by atoms with Gasteiger partial charge in [0.2, 0.25) is 5.75 Å².